The Morgan fingerprint density at radius 3 is 2.87 bits per heavy atom. The van der Waals surface area contributed by atoms with Crippen LogP contribution in [0.1, 0.15) is 30.3 Å². The molecular weight excluding hydrogens is 218 g/mol. The summed E-state index contributed by atoms with van der Waals surface area (Å²) >= 11 is 0.939. The molecule has 2 N–H and O–H groups in total. The minimum atomic E-state index is -0.932. The Kier molecular flexibility index (Phi) is 4.17. The summed E-state index contributed by atoms with van der Waals surface area (Å²) in [5.74, 6) is -1.31. The van der Waals surface area contributed by atoms with Crippen LogP contribution in [0, 0.1) is 0 Å². The topological polar surface area (TPSA) is 92.2 Å². The van der Waals surface area contributed by atoms with Crippen molar-refractivity contribution in [2.24, 2.45) is 0 Å². The number of carbonyl (C=O) groups excluding carboxylic acids is 1. The van der Waals surface area contributed by atoms with Crippen LogP contribution >= 0.6 is 11.7 Å². The van der Waals surface area contributed by atoms with Gasteiger partial charge in [0.1, 0.15) is 0 Å². The van der Waals surface area contributed by atoms with Crippen LogP contribution in [0.15, 0.2) is 6.20 Å². The van der Waals surface area contributed by atoms with E-state index in [1.807, 2.05) is 6.92 Å². The first kappa shape index (κ1) is 11.6. The van der Waals surface area contributed by atoms with Gasteiger partial charge in [0.05, 0.1) is 24.3 Å². The fourth-order valence-electron chi connectivity index (χ4n) is 1.03. The summed E-state index contributed by atoms with van der Waals surface area (Å²) in [4.78, 5) is 21.9. The molecule has 0 aromatic carbocycles. The van der Waals surface area contributed by atoms with E-state index in [4.69, 9.17) is 5.11 Å². The van der Waals surface area contributed by atoms with Crippen LogP contribution in [0.3, 0.4) is 0 Å². The van der Waals surface area contributed by atoms with Crippen LogP contribution in [0.2, 0.25) is 0 Å². The van der Waals surface area contributed by atoms with Crippen LogP contribution in [0.4, 0.5) is 0 Å². The van der Waals surface area contributed by atoms with Gasteiger partial charge in [-0.3, -0.25) is 9.59 Å². The largest absolute Gasteiger partial charge is 0.481 e. The van der Waals surface area contributed by atoms with E-state index in [-0.39, 0.29) is 24.1 Å². The summed E-state index contributed by atoms with van der Waals surface area (Å²) in [5, 5.41) is 11.2. The molecule has 1 rings (SSSR count). The highest BCUT2D eigenvalue weighted by Crippen LogP contribution is 2.01. The van der Waals surface area contributed by atoms with Gasteiger partial charge >= 0.3 is 5.97 Å². The van der Waals surface area contributed by atoms with Gasteiger partial charge in [-0.2, -0.15) is 8.75 Å². The Hall–Kier alpha value is -1.50. The first-order chi connectivity index (χ1) is 7.13. The zero-order valence-corrected chi connectivity index (χ0v) is 8.95. The molecule has 0 saturated heterocycles. The summed E-state index contributed by atoms with van der Waals surface area (Å²) in [6.45, 7) is 1.81. The highest BCUT2D eigenvalue weighted by molar-refractivity contribution is 6.99. The van der Waals surface area contributed by atoms with E-state index in [9.17, 15) is 9.59 Å². The number of nitrogens with zero attached hydrogens (tertiary/aromatic N) is 2. The van der Waals surface area contributed by atoms with Gasteiger partial charge in [0, 0.05) is 6.04 Å². The monoisotopic (exact) mass is 229 g/mol. The number of amides is 1. The number of carbonyl (C=O) groups is 2. The molecule has 1 aromatic heterocycles. The number of rotatable bonds is 5. The predicted octanol–water partition coefficient (Wildman–Crippen LogP) is 0.521. The molecule has 0 radical (unpaired) electrons. The molecule has 1 aromatic rings. The second-order valence-corrected chi connectivity index (χ2v) is 3.53. The molecule has 1 unspecified atom stereocenters. The molecule has 0 saturated carbocycles. The van der Waals surface area contributed by atoms with Crippen molar-refractivity contribution in [1.29, 1.82) is 0 Å². The lowest BCUT2D eigenvalue weighted by Crippen LogP contribution is -2.36. The average molecular weight is 229 g/mol. The highest BCUT2D eigenvalue weighted by atomic mass is 32.1. The lowest BCUT2D eigenvalue weighted by atomic mass is 10.1. The zero-order valence-electron chi connectivity index (χ0n) is 8.14. The summed E-state index contributed by atoms with van der Waals surface area (Å²) in [5.41, 5.74) is 0.226. The average Bonchev–Trinajstić information content (AvgIpc) is 2.68. The fourth-order valence-corrected chi connectivity index (χ4v) is 1.44. The van der Waals surface area contributed by atoms with Crippen LogP contribution in [-0.2, 0) is 4.79 Å². The Morgan fingerprint density at radius 1 is 1.67 bits per heavy atom. The number of aliphatic carboxylic acids is 1. The van der Waals surface area contributed by atoms with Crippen LogP contribution in [0.5, 0.6) is 0 Å². The summed E-state index contributed by atoms with van der Waals surface area (Å²) < 4.78 is 7.44. The maximum Gasteiger partial charge on any atom is 0.305 e. The fraction of sp³-hybridized carbons (Fsp3) is 0.500. The van der Waals surface area contributed by atoms with Gasteiger partial charge in [-0.05, 0) is 6.42 Å². The van der Waals surface area contributed by atoms with E-state index < -0.39 is 5.97 Å². The Morgan fingerprint density at radius 2 is 2.40 bits per heavy atom. The van der Waals surface area contributed by atoms with Crippen molar-refractivity contribution in [2.75, 3.05) is 0 Å². The van der Waals surface area contributed by atoms with Gasteiger partial charge in [0.15, 0.2) is 5.69 Å². The van der Waals surface area contributed by atoms with Crippen LogP contribution < -0.4 is 5.32 Å². The maximum absolute atomic E-state index is 11.5. The van der Waals surface area contributed by atoms with Crippen molar-refractivity contribution in [3.05, 3.63) is 11.9 Å². The Labute approximate surface area is 90.7 Å². The molecule has 0 aliphatic heterocycles. The predicted molar refractivity (Wildman–Crippen MR) is 53.7 cm³/mol. The third-order valence-electron chi connectivity index (χ3n) is 1.84. The molecule has 0 aliphatic rings. The summed E-state index contributed by atoms with van der Waals surface area (Å²) in [6.07, 6.45) is 1.84. The lowest BCUT2D eigenvalue weighted by Gasteiger charge is -2.13. The normalized spacial score (nSPS) is 12.1. The van der Waals surface area contributed by atoms with Gasteiger partial charge in [-0.15, -0.1) is 0 Å². The van der Waals surface area contributed by atoms with Crippen molar-refractivity contribution in [2.45, 2.75) is 25.8 Å². The third kappa shape index (κ3) is 3.62. The first-order valence-corrected chi connectivity index (χ1v) is 5.16. The number of hydrogen-bond donors (Lipinski definition) is 2. The number of carboxylic acid groups (broad SMARTS) is 1. The van der Waals surface area contributed by atoms with Gasteiger partial charge in [-0.1, -0.05) is 6.92 Å². The van der Waals surface area contributed by atoms with Gasteiger partial charge < -0.3 is 10.4 Å². The van der Waals surface area contributed by atoms with Crippen molar-refractivity contribution in [3.8, 4) is 0 Å². The van der Waals surface area contributed by atoms with Gasteiger partial charge in [0.25, 0.3) is 5.91 Å². The van der Waals surface area contributed by atoms with Crippen LogP contribution in [-0.4, -0.2) is 31.8 Å². The molecule has 0 fully saturated rings. The third-order valence-corrected chi connectivity index (χ3v) is 2.32. The quantitative estimate of drug-likeness (QED) is 0.768. The second kappa shape index (κ2) is 5.40. The van der Waals surface area contributed by atoms with Gasteiger partial charge in [-0.25, -0.2) is 0 Å². The van der Waals surface area contributed by atoms with Crippen molar-refractivity contribution in [1.82, 2.24) is 14.1 Å². The first-order valence-electron chi connectivity index (χ1n) is 4.43. The molecule has 1 heterocycles. The number of carboxylic acids is 1. The van der Waals surface area contributed by atoms with E-state index >= 15 is 0 Å². The molecule has 1 amide bonds. The lowest BCUT2D eigenvalue weighted by molar-refractivity contribution is -0.137. The molecule has 1 atom stereocenters. The van der Waals surface area contributed by atoms with Crippen molar-refractivity contribution >= 4 is 23.6 Å². The van der Waals surface area contributed by atoms with Crippen molar-refractivity contribution in [3.63, 3.8) is 0 Å². The number of aromatic nitrogens is 2. The molecule has 6 nitrogen and oxygen atoms in total. The number of nitrogens with one attached hydrogen (secondary N) is 1. The second-order valence-electron chi connectivity index (χ2n) is 2.97. The van der Waals surface area contributed by atoms with E-state index in [0.29, 0.717) is 6.42 Å². The standard InChI is InChI=1S/C8H11N3O3S/c1-2-5(3-7(12)13)10-8(14)6-4-9-15-11-6/h4-5H,2-3H2,1H3,(H,10,14)(H,12,13). The minimum absolute atomic E-state index is 0.0835. The molecule has 0 aliphatic carbocycles. The highest BCUT2D eigenvalue weighted by Gasteiger charge is 2.16. The molecule has 0 spiro atoms. The molecule has 7 heteroatoms. The van der Waals surface area contributed by atoms with Crippen molar-refractivity contribution < 1.29 is 14.7 Å². The Balaban J connectivity index is 2.52. The maximum atomic E-state index is 11.5. The zero-order chi connectivity index (χ0) is 11.3. The summed E-state index contributed by atoms with van der Waals surface area (Å²) in [7, 11) is 0. The number of hydrogen-bond acceptors (Lipinski definition) is 5. The van der Waals surface area contributed by atoms with E-state index in [0.717, 1.165) is 11.7 Å². The van der Waals surface area contributed by atoms with E-state index in [1.165, 1.54) is 6.20 Å². The van der Waals surface area contributed by atoms with Gasteiger partial charge in [0.2, 0.25) is 0 Å². The SMILES string of the molecule is CCC(CC(=O)O)NC(=O)c1cnsn1. The molecule has 82 valence electrons. The van der Waals surface area contributed by atoms with E-state index in [2.05, 4.69) is 14.1 Å². The smallest absolute Gasteiger partial charge is 0.305 e. The summed E-state index contributed by atoms with van der Waals surface area (Å²) in [6, 6.07) is -0.364. The van der Waals surface area contributed by atoms with Crippen LogP contribution in [0.25, 0.3) is 0 Å². The van der Waals surface area contributed by atoms with E-state index in [1.54, 1.807) is 0 Å². The minimum Gasteiger partial charge on any atom is -0.481 e. The molecule has 15 heavy (non-hydrogen) atoms. The molecule has 0 bridgehead atoms. The molecular formula is C8H11N3O3S. The Bertz CT molecular complexity index is 339.